The molecule has 1 aliphatic carbocycles. The number of hydrogen-bond acceptors (Lipinski definition) is 4. The van der Waals surface area contributed by atoms with E-state index in [0.717, 1.165) is 25.9 Å². The van der Waals surface area contributed by atoms with Gasteiger partial charge in [0.15, 0.2) is 0 Å². The van der Waals surface area contributed by atoms with Crippen LogP contribution in [0.5, 0.6) is 0 Å². The molecule has 0 radical (unpaired) electrons. The van der Waals surface area contributed by atoms with Gasteiger partial charge in [-0.3, -0.25) is 4.79 Å². The molecule has 0 saturated heterocycles. The first-order chi connectivity index (χ1) is 11.0. The third-order valence-corrected chi connectivity index (χ3v) is 4.57. The maximum absolute atomic E-state index is 12.2. The highest BCUT2D eigenvalue weighted by Crippen LogP contribution is 2.43. The second-order valence-electron chi connectivity index (χ2n) is 6.12. The third-order valence-electron chi connectivity index (χ3n) is 4.57. The summed E-state index contributed by atoms with van der Waals surface area (Å²) in [6.45, 7) is 5.61. The van der Waals surface area contributed by atoms with Crippen LogP contribution in [0, 0.1) is 12.3 Å². The summed E-state index contributed by atoms with van der Waals surface area (Å²) in [6.07, 6.45) is 4.34. The van der Waals surface area contributed by atoms with Crippen LogP contribution in [-0.4, -0.2) is 41.7 Å². The van der Waals surface area contributed by atoms with E-state index >= 15 is 0 Å². The van der Waals surface area contributed by atoms with Gasteiger partial charge in [0.1, 0.15) is 5.69 Å². The molecule has 2 N–H and O–H groups in total. The Morgan fingerprint density at radius 3 is 2.65 bits per heavy atom. The largest absolute Gasteiger partial charge is 0.478 e. The number of rotatable bonds is 8. The second-order valence-corrected chi connectivity index (χ2v) is 6.12. The van der Waals surface area contributed by atoms with E-state index in [4.69, 9.17) is 9.84 Å². The quantitative estimate of drug-likeness (QED) is 0.718. The first kappa shape index (κ1) is 17.4. The van der Waals surface area contributed by atoms with Crippen molar-refractivity contribution in [1.82, 2.24) is 10.3 Å². The van der Waals surface area contributed by atoms with E-state index in [9.17, 15) is 9.59 Å². The van der Waals surface area contributed by atoms with Crippen LogP contribution < -0.4 is 5.32 Å². The van der Waals surface area contributed by atoms with E-state index in [1.807, 2.05) is 6.92 Å². The fourth-order valence-electron chi connectivity index (χ4n) is 2.90. The van der Waals surface area contributed by atoms with E-state index in [1.54, 1.807) is 6.92 Å². The van der Waals surface area contributed by atoms with Gasteiger partial charge in [0.2, 0.25) is 0 Å². The number of aromatic nitrogens is 1. The van der Waals surface area contributed by atoms with Gasteiger partial charge in [-0.05, 0) is 50.7 Å². The van der Waals surface area contributed by atoms with Crippen LogP contribution in [0.3, 0.4) is 0 Å². The lowest BCUT2D eigenvalue weighted by atomic mass is 9.66. The number of carboxylic acids is 1. The number of carbonyl (C=O) groups excluding carboxylic acids is 1. The molecule has 1 aromatic heterocycles. The molecule has 1 aliphatic rings. The summed E-state index contributed by atoms with van der Waals surface area (Å²) < 4.78 is 5.43. The van der Waals surface area contributed by atoms with Gasteiger partial charge >= 0.3 is 5.97 Å². The van der Waals surface area contributed by atoms with Gasteiger partial charge in [-0.2, -0.15) is 0 Å². The fourth-order valence-corrected chi connectivity index (χ4v) is 2.90. The third kappa shape index (κ3) is 4.28. The Morgan fingerprint density at radius 1 is 1.39 bits per heavy atom. The van der Waals surface area contributed by atoms with Gasteiger partial charge in [0.05, 0.1) is 11.3 Å². The molecule has 1 heterocycles. The molecule has 0 spiro atoms. The van der Waals surface area contributed by atoms with Crippen molar-refractivity contribution in [3.63, 3.8) is 0 Å². The molecule has 0 unspecified atom stereocenters. The van der Waals surface area contributed by atoms with Crippen LogP contribution in [0.4, 0.5) is 0 Å². The van der Waals surface area contributed by atoms with Gasteiger partial charge < -0.3 is 15.2 Å². The minimum Gasteiger partial charge on any atom is -0.478 e. The summed E-state index contributed by atoms with van der Waals surface area (Å²) in [4.78, 5) is 27.3. The van der Waals surface area contributed by atoms with Crippen molar-refractivity contribution in [3.8, 4) is 0 Å². The zero-order chi connectivity index (χ0) is 16.9. The number of nitrogens with one attached hydrogen (secondary N) is 1. The molecule has 1 saturated carbocycles. The summed E-state index contributed by atoms with van der Waals surface area (Å²) in [5.74, 6) is -1.29. The van der Waals surface area contributed by atoms with Gasteiger partial charge in [-0.25, -0.2) is 9.78 Å². The summed E-state index contributed by atoms with van der Waals surface area (Å²) in [6, 6.07) is 2.88. The molecule has 1 fully saturated rings. The van der Waals surface area contributed by atoms with E-state index in [2.05, 4.69) is 10.3 Å². The molecule has 0 aromatic carbocycles. The highest BCUT2D eigenvalue weighted by Gasteiger charge is 2.36. The lowest BCUT2D eigenvalue weighted by molar-refractivity contribution is 0.0512. The number of carboxylic acid groups (broad SMARTS) is 1. The summed E-state index contributed by atoms with van der Waals surface area (Å²) in [5.41, 5.74) is 0.862. The van der Waals surface area contributed by atoms with Gasteiger partial charge in [0, 0.05) is 19.8 Å². The lowest BCUT2D eigenvalue weighted by Crippen LogP contribution is -2.43. The molecule has 2 rings (SSSR count). The molecule has 1 aromatic rings. The molecule has 0 bridgehead atoms. The smallest absolute Gasteiger partial charge is 0.337 e. The van der Waals surface area contributed by atoms with Crippen LogP contribution in [0.25, 0.3) is 0 Å². The Morgan fingerprint density at radius 2 is 2.13 bits per heavy atom. The zero-order valence-electron chi connectivity index (χ0n) is 13.7. The minimum absolute atomic E-state index is 0.119. The number of nitrogens with zero attached hydrogens (tertiary/aromatic N) is 1. The molecule has 0 atom stereocenters. The lowest BCUT2D eigenvalue weighted by Gasteiger charge is -2.42. The Kier molecular flexibility index (Phi) is 5.71. The molecule has 6 heteroatoms. The Balaban J connectivity index is 1.93. The van der Waals surface area contributed by atoms with Crippen LogP contribution in [0.2, 0.25) is 0 Å². The average Bonchev–Trinajstić information content (AvgIpc) is 2.48. The van der Waals surface area contributed by atoms with Gasteiger partial charge in [-0.1, -0.05) is 6.42 Å². The van der Waals surface area contributed by atoms with Crippen molar-refractivity contribution in [1.29, 1.82) is 0 Å². The summed E-state index contributed by atoms with van der Waals surface area (Å²) in [5, 5.41) is 11.9. The van der Waals surface area contributed by atoms with Crippen LogP contribution in [0.15, 0.2) is 12.1 Å². The molecule has 6 nitrogen and oxygen atoms in total. The number of carbonyl (C=O) groups is 2. The summed E-state index contributed by atoms with van der Waals surface area (Å²) >= 11 is 0. The Labute approximate surface area is 136 Å². The molecular weight excluding hydrogens is 296 g/mol. The standard InChI is InChI=1S/C17H24N2O4/c1-3-23-10-9-17(7-4-8-17)11-18-15(20)14-6-5-13(16(21)22)12(2)19-14/h5-6H,3-4,7-11H2,1-2H3,(H,18,20)(H,21,22). The van der Waals surface area contributed by atoms with Crippen LogP contribution >= 0.6 is 0 Å². The van der Waals surface area contributed by atoms with Crippen molar-refractivity contribution in [2.24, 2.45) is 5.41 Å². The molecule has 23 heavy (non-hydrogen) atoms. The number of hydrogen-bond donors (Lipinski definition) is 2. The van der Waals surface area contributed by atoms with Crippen LogP contribution in [-0.2, 0) is 4.74 Å². The molecule has 126 valence electrons. The first-order valence-electron chi connectivity index (χ1n) is 8.04. The number of ether oxygens (including phenoxy) is 1. The monoisotopic (exact) mass is 320 g/mol. The zero-order valence-corrected chi connectivity index (χ0v) is 13.7. The fraction of sp³-hybridized carbons (Fsp3) is 0.588. The maximum atomic E-state index is 12.2. The topological polar surface area (TPSA) is 88.5 Å². The molecule has 0 aliphatic heterocycles. The SMILES string of the molecule is CCOCCC1(CNC(=O)c2ccc(C(=O)O)c(C)n2)CCC1. The van der Waals surface area contributed by atoms with Gasteiger partial charge in [0.25, 0.3) is 5.91 Å². The first-order valence-corrected chi connectivity index (χ1v) is 8.04. The van der Waals surface area contributed by atoms with Gasteiger partial charge in [-0.15, -0.1) is 0 Å². The van der Waals surface area contributed by atoms with Crippen LogP contribution in [0.1, 0.15) is 59.1 Å². The second kappa shape index (κ2) is 7.55. The van der Waals surface area contributed by atoms with E-state index < -0.39 is 5.97 Å². The molecule has 1 amide bonds. The molecular formula is C17H24N2O4. The normalized spacial score (nSPS) is 15.7. The number of aryl methyl sites for hydroxylation is 1. The van der Waals surface area contributed by atoms with Crippen molar-refractivity contribution < 1.29 is 19.4 Å². The highest BCUT2D eigenvalue weighted by atomic mass is 16.5. The minimum atomic E-state index is -1.04. The van der Waals surface area contributed by atoms with Crippen molar-refractivity contribution in [2.45, 2.75) is 39.5 Å². The van der Waals surface area contributed by atoms with E-state index in [1.165, 1.54) is 18.6 Å². The predicted molar refractivity (Wildman–Crippen MR) is 85.7 cm³/mol. The van der Waals surface area contributed by atoms with E-state index in [0.29, 0.717) is 18.8 Å². The maximum Gasteiger partial charge on any atom is 0.337 e. The Hall–Kier alpha value is -1.95. The predicted octanol–water partition coefficient (Wildman–Crippen LogP) is 2.41. The Bertz CT molecular complexity index is 582. The van der Waals surface area contributed by atoms with Crippen molar-refractivity contribution in [3.05, 3.63) is 29.1 Å². The number of pyridine rings is 1. The average molecular weight is 320 g/mol. The number of aromatic carboxylic acids is 1. The highest BCUT2D eigenvalue weighted by molar-refractivity contribution is 5.94. The van der Waals surface area contributed by atoms with E-state index in [-0.39, 0.29) is 22.6 Å². The summed E-state index contributed by atoms with van der Waals surface area (Å²) in [7, 11) is 0. The number of amides is 1. The van der Waals surface area contributed by atoms with Crippen molar-refractivity contribution in [2.75, 3.05) is 19.8 Å². The van der Waals surface area contributed by atoms with Crippen molar-refractivity contribution >= 4 is 11.9 Å².